The van der Waals surface area contributed by atoms with Crippen LogP contribution in [0.3, 0.4) is 0 Å². The Morgan fingerprint density at radius 3 is 1.43 bits per heavy atom. The van der Waals surface area contributed by atoms with E-state index in [1.54, 1.807) is 12.1 Å². The van der Waals surface area contributed by atoms with E-state index in [-0.39, 0.29) is 16.2 Å². The lowest BCUT2D eigenvalue weighted by Crippen LogP contribution is -2.01. The van der Waals surface area contributed by atoms with E-state index in [1.807, 2.05) is 0 Å². The molecule has 0 spiro atoms. The molecule has 0 unspecified atom stereocenters. The summed E-state index contributed by atoms with van der Waals surface area (Å²) < 4.78 is 62.2. The molecular formula is C13H12O6S2. The average Bonchev–Trinajstić information content (AvgIpc) is 2.37. The van der Waals surface area contributed by atoms with Crippen molar-refractivity contribution in [3.63, 3.8) is 0 Å². The molecule has 0 saturated heterocycles. The first-order chi connectivity index (χ1) is 9.66. The maximum atomic E-state index is 11.1. The van der Waals surface area contributed by atoms with Crippen LogP contribution >= 0.6 is 0 Å². The summed E-state index contributed by atoms with van der Waals surface area (Å²) in [5.74, 6) is 0. The highest BCUT2D eigenvalue weighted by molar-refractivity contribution is 7.86. The van der Waals surface area contributed by atoms with Gasteiger partial charge in [-0.1, -0.05) is 24.3 Å². The molecule has 2 aromatic carbocycles. The van der Waals surface area contributed by atoms with Gasteiger partial charge in [-0.25, -0.2) is 0 Å². The van der Waals surface area contributed by atoms with Crippen molar-refractivity contribution in [2.75, 3.05) is 0 Å². The van der Waals surface area contributed by atoms with Gasteiger partial charge in [0.2, 0.25) is 0 Å². The Morgan fingerprint density at radius 1 is 0.714 bits per heavy atom. The van der Waals surface area contributed by atoms with Crippen molar-refractivity contribution in [2.24, 2.45) is 0 Å². The Balaban J connectivity index is 2.35. The molecule has 0 amide bonds. The molecule has 6 nitrogen and oxygen atoms in total. The minimum absolute atomic E-state index is 0.231. The fourth-order valence-electron chi connectivity index (χ4n) is 1.87. The Labute approximate surface area is 122 Å². The second-order valence-electron chi connectivity index (χ2n) is 4.42. The van der Waals surface area contributed by atoms with E-state index in [0.717, 1.165) is 0 Å². The van der Waals surface area contributed by atoms with Crippen molar-refractivity contribution in [2.45, 2.75) is 16.2 Å². The molecule has 2 aromatic rings. The second kappa shape index (κ2) is 5.57. The van der Waals surface area contributed by atoms with Crippen LogP contribution in [0.2, 0.25) is 0 Å². The first-order valence-electron chi connectivity index (χ1n) is 5.79. The lowest BCUT2D eigenvalue weighted by molar-refractivity contribution is 0.481. The van der Waals surface area contributed by atoms with Crippen molar-refractivity contribution in [1.29, 1.82) is 0 Å². The van der Waals surface area contributed by atoms with Crippen molar-refractivity contribution in [3.8, 4) is 0 Å². The molecule has 0 aliphatic heterocycles. The molecule has 2 rings (SSSR count). The van der Waals surface area contributed by atoms with E-state index < -0.39 is 20.2 Å². The molecule has 0 radical (unpaired) electrons. The predicted octanol–water partition coefficient (Wildman–Crippen LogP) is 1.77. The molecule has 112 valence electrons. The number of benzene rings is 2. The second-order valence-corrected chi connectivity index (χ2v) is 7.26. The standard InChI is InChI=1S/C13H12O6S2/c14-20(15,16)12-5-1-3-10(8-12)7-11-4-2-6-13(9-11)21(17,18)19/h1-6,8-9H,7H2,(H,14,15,16)(H,17,18,19). The topological polar surface area (TPSA) is 109 Å². The zero-order valence-corrected chi connectivity index (χ0v) is 12.3. The summed E-state index contributed by atoms with van der Waals surface area (Å²) >= 11 is 0. The van der Waals surface area contributed by atoms with Crippen LogP contribution in [0.1, 0.15) is 11.1 Å². The summed E-state index contributed by atoms with van der Waals surface area (Å²) in [6.45, 7) is 0. The fourth-order valence-corrected chi connectivity index (χ4v) is 2.97. The van der Waals surface area contributed by atoms with Crippen LogP contribution in [0.4, 0.5) is 0 Å². The van der Waals surface area contributed by atoms with Crippen molar-refractivity contribution in [3.05, 3.63) is 59.7 Å². The Bertz CT molecular complexity index is 796. The van der Waals surface area contributed by atoms with Gasteiger partial charge in [-0.3, -0.25) is 9.11 Å². The Kier molecular flexibility index (Phi) is 4.15. The van der Waals surface area contributed by atoms with E-state index in [9.17, 15) is 16.8 Å². The first kappa shape index (κ1) is 15.6. The molecule has 21 heavy (non-hydrogen) atoms. The van der Waals surface area contributed by atoms with Crippen LogP contribution in [0.5, 0.6) is 0 Å². The summed E-state index contributed by atoms with van der Waals surface area (Å²) in [5, 5.41) is 0. The minimum atomic E-state index is -4.28. The molecule has 0 bridgehead atoms. The highest BCUT2D eigenvalue weighted by Gasteiger charge is 2.12. The number of hydrogen-bond donors (Lipinski definition) is 2. The largest absolute Gasteiger partial charge is 0.294 e. The molecular weight excluding hydrogens is 316 g/mol. The van der Waals surface area contributed by atoms with Crippen molar-refractivity contribution >= 4 is 20.2 Å². The van der Waals surface area contributed by atoms with E-state index in [2.05, 4.69) is 0 Å². The molecule has 0 fully saturated rings. The number of hydrogen-bond acceptors (Lipinski definition) is 4. The summed E-state index contributed by atoms with van der Waals surface area (Å²) in [5.41, 5.74) is 1.16. The third kappa shape index (κ3) is 4.11. The van der Waals surface area contributed by atoms with Gasteiger partial charge in [0, 0.05) is 0 Å². The highest BCUT2D eigenvalue weighted by Crippen LogP contribution is 2.17. The zero-order valence-electron chi connectivity index (χ0n) is 10.7. The number of rotatable bonds is 4. The smallest absolute Gasteiger partial charge is 0.282 e. The molecule has 0 atom stereocenters. The van der Waals surface area contributed by atoms with Crippen LogP contribution in [-0.2, 0) is 26.7 Å². The van der Waals surface area contributed by atoms with Gasteiger partial charge in [-0.2, -0.15) is 16.8 Å². The molecule has 8 heteroatoms. The highest BCUT2D eigenvalue weighted by atomic mass is 32.2. The summed E-state index contributed by atoms with van der Waals surface area (Å²) in [6.07, 6.45) is 0.257. The predicted molar refractivity (Wildman–Crippen MR) is 75.3 cm³/mol. The van der Waals surface area contributed by atoms with Gasteiger partial charge >= 0.3 is 0 Å². The summed E-state index contributed by atoms with van der Waals surface area (Å²) in [6, 6.07) is 11.4. The average molecular weight is 328 g/mol. The molecule has 2 N–H and O–H groups in total. The van der Waals surface area contributed by atoms with E-state index in [1.165, 1.54) is 36.4 Å². The van der Waals surface area contributed by atoms with Gasteiger partial charge < -0.3 is 0 Å². The lowest BCUT2D eigenvalue weighted by Gasteiger charge is -2.05. The van der Waals surface area contributed by atoms with Gasteiger partial charge in [0.1, 0.15) is 0 Å². The third-order valence-electron chi connectivity index (χ3n) is 2.80. The van der Waals surface area contributed by atoms with Crippen LogP contribution in [0.15, 0.2) is 58.3 Å². The first-order valence-corrected chi connectivity index (χ1v) is 8.67. The van der Waals surface area contributed by atoms with E-state index in [4.69, 9.17) is 9.11 Å². The molecule has 0 saturated carbocycles. The monoisotopic (exact) mass is 328 g/mol. The third-order valence-corrected chi connectivity index (χ3v) is 4.50. The molecule has 0 heterocycles. The molecule has 0 aliphatic rings. The molecule has 0 aliphatic carbocycles. The SMILES string of the molecule is O=S(=O)(O)c1cccc(Cc2cccc(S(=O)(=O)O)c2)c1. The fraction of sp³-hybridized carbons (Fsp3) is 0.0769. The van der Waals surface area contributed by atoms with Gasteiger partial charge in [-0.15, -0.1) is 0 Å². The molecule has 0 aromatic heterocycles. The Morgan fingerprint density at radius 2 is 1.10 bits per heavy atom. The van der Waals surface area contributed by atoms with Gasteiger partial charge in [-0.05, 0) is 41.8 Å². The van der Waals surface area contributed by atoms with Crippen LogP contribution in [-0.4, -0.2) is 25.9 Å². The van der Waals surface area contributed by atoms with Crippen LogP contribution in [0.25, 0.3) is 0 Å². The maximum absolute atomic E-state index is 11.1. The van der Waals surface area contributed by atoms with Crippen molar-refractivity contribution < 1.29 is 25.9 Å². The van der Waals surface area contributed by atoms with E-state index >= 15 is 0 Å². The normalized spacial score (nSPS) is 12.3. The van der Waals surface area contributed by atoms with Gasteiger partial charge in [0.05, 0.1) is 9.79 Å². The Hall–Kier alpha value is -1.74. The van der Waals surface area contributed by atoms with Crippen LogP contribution in [0, 0.1) is 0 Å². The quantitative estimate of drug-likeness (QED) is 0.828. The van der Waals surface area contributed by atoms with Crippen LogP contribution < -0.4 is 0 Å². The van der Waals surface area contributed by atoms with Gasteiger partial charge in [0.15, 0.2) is 0 Å². The summed E-state index contributed by atoms with van der Waals surface area (Å²) in [7, 11) is -8.57. The zero-order chi connectivity index (χ0) is 15.7. The van der Waals surface area contributed by atoms with Gasteiger partial charge in [0.25, 0.3) is 20.2 Å². The van der Waals surface area contributed by atoms with Crippen molar-refractivity contribution in [1.82, 2.24) is 0 Å². The summed E-state index contributed by atoms with van der Waals surface area (Å²) in [4.78, 5) is -0.461. The minimum Gasteiger partial charge on any atom is -0.282 e. The maximum Gasteiger partial charge on any atom is 0.294 e. The lowest BCUT2D eigenvalue weighted by atomic mass is 10.1. The van der Waals surface area contributed by atoms with E-state index in [0.29, 0.717) is 11.1 Å².